The predicted molar refractivity (Wildman–Crippen MR) is 89.7 cm³/mol. The number of benzene rings is 1. The van der Waals surface area contributed by atoms with E-state index in [9.17, 15) is 9.90 Å². The van der Waals surface area contributed by atoms with Crippen LogP contribution in [-0.4, -0.2) is 35.1 Å². The SMILES string of the molecule is Nc1c(C(=O)N2CCCCC2CO)sc2cccc(Br)c12. The van der Waals surface area contributed by atoms with Crippen molar-refractivity contribution < 1.29 is 9.90 Å². The van der Waals surface area contributed by atoms with Crippen LogP contribution in [-0.2, 0) is 0 Å². The van der Waals surface area contributed by atoms with Crippen LogP contribution in [0.1, 0.15) is 28.9 Å². The van der Waals surface area contributed by atoms with Gasteiger partial charge in [-0.15, -0.1) is 11.3 Å². The smallest absolute Gasteiger partial charge is 0.266 e. The van der Waals surface area contributed by atoms with Crippen LogP contribution in [0.5, 0.6) is 0 Å². The quantitative estimate of drug-likeness (QED) is 0.854. The van der Waals surface area contributed by atoms with Crippen molar-refractivity contribution in [3.05, 3.63) is 27.5 Å². The number of hydrogen-bond acceptors (Lipinski definition) is 4. The zero-order chi connectivity index (χ0) is 15.0. The van der Waals surface area contributed by atoms with E-state index in [2.05, 4.69) is 15.9 Å². The highest BCUT2D eigenvalue weighted by Gasteiger charge is 2.29. The van der Waals surface area contributed by atoms with E-state index in [1.165, 1.54) is 11.3 Å². The molecule has 0 saturated carbocycles. The maximum Gasteiger partial charge on any atom is 0.266 e. The third kappa shape index (κ3) is 2.56. The summed E-state index contributed by atoms with van der Waals surface area (Å²) in [6, 6.07) is 5.75. The molecule has 1 aromatic carbocycles. The number of nitrogen functional groups attached to an aromatic ring is 1. The predicted octanol–water partition coefficient (Wildman–Crippen LogP) is 3.23. The van der Waals surface area contributed by atoms with Gasteiger partial charge in [-0.05, 0) is 31.4 Å². The normalized spacial score (nSPS) is 19.1. The van der Waals surface area contributed by atoms with Gasteiger partial charge in [0, 0.05) is 21.1 Å². The van der Waals surface area contributed by atoms with Gasteiger partial charge >= 0.3 is 0 Å². The molecular formula is C15H17BrN2O2S. The number of amides is 1. The molecule has 21 heavy (non-hydrogen) atoms. The molecule has 1 aliphatic heterocycles. The van der Waals surface area contributed by atoms with E-state index in [0.29, 0.717) is 17.1 Å². The summed E-state index contributed by atoms with van der Waals surface area (Å²) >= 11 is 4.92. The van der Waals surface area contributed by atoms with Gasteiger partial charge < -0.3 is 15.7 Å². The Morgan fingerprint density at radius 3 is 3.00 bits per heavy atom. The van der Waals surface area contributed by atoms with Crippen LogP contribution in [0.4, 0.5) is 5.69 Å². The number of nitrogens with two attached hydrogens (primary N) is 1. The lowest BCUT2D eigenvalue weighted by molar-refractivity contribution is 0.0509. The number of fused-ring (bicyclic) bond motifs is 1. The Hall–Kier alpha value is -1.11. The molecule has 1 atom stereocenters. The fraction of sp³-hybridized carbons (Fsp3) is 0.400. The first-order valence-electron chi connectivity index (χ1n) is 7.01. The molecule has 1 aliphatic rings. The summed E-state index contributed by atoms with van der Waals surface area (Å²) in [6.07, 6.45) is 2.90. The molecule has 0 bridgehead atoms. The third-order valence-electron chi connectivity index (χ3n) is 3.99. The molecule has 0 spiro atoms. The highest BCUT2D eigenvalue weighted by Crippen LogP contribution is 2.39. The molecule has 6 heteroatoms. The second-order valence-corrected chi connectivity index (χ2v) is 7.20. The van der Waals surface area contributed by atoms with E-state index in [4.69, 9.17) is 5.73 Å². The minimum absolute atomic E-state index is 0.0141. The summed E-state index contributed by atoms with van der Waals surface area (Å²) in [6.45, 7) is 0.707. The van der Waals surface area contributed by atoms with Crippen LogP contribution < -0.4 is 5.73 Å². The van der Waals surface area contributed by atoms with Crippen molar-refractivity contribution in [1.82, 2.24) is 4.90 Å². The Balaban J connectivity index is 2.01. The highest BCUT2D eigenvalue weighted by molar-refractivity contribution is 9.10. The monoisotopic (exact) mass is 368 g/mol. The van der Waals surface area contributed by atoms with Gasteiger partial charge in [0.25, 0.3) is 5.91 Å². The molecule has 4 nitrogen and oxygen atoms in total. The molecule has 1 saturated heterocycles. The fourth-order valence-electron chi connectivity index (χ4n) is 2.88. The Morgan fingerprint density at radius 1 is 1.48 bits per heavy atom. The maximum absolute atomic E-state index is 12.8. The zero-order valence-corrected chi connectivity index (χ0v) is 13.9. The first kappa shape index (κ1) is 14.8. The third-order valence-corrected chi connectivity index (χ3v) is 5.81. The van der Waals surface area contributed by atoms with E-state index >= 15 is 0 Å². The van der Waals surface area contributed by atoms with Gasteiger partial charge in [0.2, 0.25) is 0 Å². The molecule has 0 radical (unpaired) electrons. The highest BCUT2D eigenvalue weighted by atomic mass is 79.9. The van der Waals surface area contributed by atoms with E-state index in [-0.39, 0.29) is 18.6 Å². The van der Waals surface area contributed by atoms with Gasteiger partial charge in [-0.25, -0.2) is 0 Å². The zero-order valence-electron chi connectivity index (χ0n) is 11.5. The molecule has 1 aromatic heterocycles. The molecule has 3 N–H and O–H groups in total. The van der Waals surface area contributed by atoms with E-state index in [1.54, 1.807) is 4.90 Å². The van der Waals surface area contributed by atoms with E-state index in [1.807, 2.05) is 18.2 Å². The Morgan fingerprint density at radius 2 is 2.29 bits per heavy atom. The molecular weight excluding hydrogens is 352 g/mol. The van der Waals surface area contributed by atoms with Crippen molar-refractivity contribution in [1.29, 1.82) is 0 Å². The number of hydrogen-bond donors (Lipinski definition) is 2. The van der Waals surface area contributed by atoms with Crippen molar-refractivity contribution in [2.45, 2.75) is 25.3 Å². The lowest BCUT2D eigenvalue weighted by atomic mass is 10.0. The number of aliphatic hydroxyl groups excluding tert-OH is 1. The molecule has 112 valence electrons. The Kier molecular flexibility index (Phi) is 4.19. The second kappa shape index (κ2) is 5.94. The van der Waals surface area contributed by atoms with Gasteiger partial charge in [-0.1, -0.05) is 22.0 Å². The maximum atomic E-state index is 12.8. The number of rotatable bonds is 2. The topological polar surface area (TPSA) is 66.6 Å². The van der Waals surface area contributed by atoms with Crippen molar-refractivity contribution >= 4 is 48.9 Å². The van der Waals surface area contributed by atoms with E-state index < -0.39 is 0 Å². The molecule has 1 unspecified atom stereocenters. The summed E-state index contributed by atoms with van der Waals surface area (Å²) in [7, 11) is 0. The summed E-state index contributed by atoms with van der Waals surface area (Å²) in [5.41, 5.74) is 6.74. The van der Waals surface area contributed by atoms with Crippen LogP contribution in [0.2, 0.25) is 0 Å². The second-order valence-electron chi connectivity index (χ2n) is 5.29. The van der Waals surface area contributed by atoms with Crippen LogP contribution in [0.3, 0.4) is 0 Å². The molecule has 2 heterocycles. The van der Waals surface area contributed by atoms with E-state index in [0.717, 1.165) is 33.8 Å². The van der Waals surface area contributed by atoms with Crippen molar-refractivity contribution in [2.24, 2.45) is 0 Å². The average molecular weight is 369 g/mol. The summed E-state index contributed by atoms with van der Waals surface area (Å²) in [4.78, 5) is 15.2. The molecule has 3 rings (SSSR count). The fourth-order valence-corrected chi connectivity index (χ4v) is 4.69. The molecule has 1 amide bonds. The minimum Gasteiger partial charge on any atom is -0.397 e. The average Bonchev–Trinajstić information content (AvgIpc) is 2.85. The number of carbonyl (C=O) groups is 1. The number of aliphatic hydroxyl groups is 1. The van der Waals surface area contributed by atoms with Crippen LogP contribution in [0, 0.1) is 0 Å². The summed E-state index contributed by atoms with van der Waals surface area (Å²) in [5, 5.41) is 10.4. The lowest BCUT2D eigenvalue weighted by Gasteiger charge is -2.34. The number of piperidine rings is 1. The summed E-state index contributed by atoms with van der Waals surface area (Å²) < 4.78 is 1.91. The van der Waals surface area contributed by atoms with Crippen LogP contribution >= 0.6 is 27.3 Å². The standard InChI is InChI=1S/C15H17BrN2O2S/c16-10-5-3-6-11-12(10)13(17)14(21-11)15(20)18-7-2-1-4-9(18)8-19/h3,5-6,9,19H,1-2,4,7-8,17H2. The van der Waals surface area contributed by atoms with Gasteiger partial charge in [0.15, 0.2) is 0 Å². The Labute approximate surface area is 135 Å². The largest absolute Gasteiger partial charge is 0.397 e. The number of likely N-dealkylation sites (tertiary alicyclic amines) is 1. The van der Waals surface area contributed by atoms with Gasteiger partial charge in [0.05, 0.1) is 18.3 Å². The number of halogens is 1. The lowest BCUT2D eigenvalue weighted by Crippen LogP contribution is -2.45. The molecule has 1 fully saturated rings. The number of carbonyl (C=O) groups excluding carboxylic acids is 1. The minimum atomic E-state index is -0.0840. The first-order chi connectivity index (χ1) is 10.1. The first-order valence-corrected chi connectivity index (χ1v) is 8.62. The van der Waals surface area contributed by atoms with Crippen LogP contribution in [0.15, 0.2) is 22.7 Å². The van der Waals surface area contributed by atoms with Crippen molar-refractivity contribution in [2.75, 3.05) is 18.9 Å². The van der Waals surface area contributed by atoms with Gasteiger partial charge in [0.1, 0.15) is 4.88 Å². The number of nitrogens with zero attached hydrogens (tertiary/aromatic N) is 1. The van der Waals surface area contributed by atoms with Crippen molar-refractivity contribution in [3.63, 3.8) is 0 Å². The van der Waals surface area contributed by atoms with Crippen LogP contribution in [0.25, 0.3) is 10.1 Å². The van der Waals surface area contributed by atoms with Crippen molar-refractivity contribution in [3.8, 4) is 0 Å². The van der Waals surface area contributed by atoms with Gasteiger partial charge in [-0.2, -0.15) is 0 Å². The number of anilines is 1. The number of thiophene rings is 1. The van der Waals surface area contributed by atoms with Gasteiger partial charge in [-0.3, -0.25) is 4.79 Å². The molecule has 2 aromatic rings. The summed E-state index contributed by atoms with van der Waals surface area (Å²) in [5.74, 6) is -0.0562. The Bertz CT molecular complexity index is 686. The molecule has 0 aliphatic carbocycles.